The molecule has 0 radical (unpaired) electrons. The SMILES string of the molecule is O=[N+]([O-])OOCOc1ccccc1. The van der Waals surface area contributed by atoms with E-state index < -0.39 is 5.09 Å². The number of nitrogens with zero attached hydrogens (tertiary/aromatic N) is 1. The summed E-state index contributed by atoms with van der Waals surface area (Å²) in [5.74, 6) is 0.550. The third kappa shape index (κ3) is 3.92. The molecule has 0 heterocycles. The summed E-state index contributed by atoms with van der Waals surface area (Å²) < 4.78 is 4.90. The second-order valence-corrected chi connectivity index (χ2v) is 1.99. The maximum absolute atomic E-state index is 9.61. The van der Waals surface area contributed by atoms with Crippen LogP contribution in [0.2, 0.25) is 0 Å². The first-order valence-corrected chi connectivity index (χ1v) is 3.41. The van der Waals surface area contributed by atoms with Crippen LogP contribution in [0.5, 0.6) is 5.75 Å². The van der Waals surface area contributed by atoms with E-state index in [2.05, 4.69) is 9.88 Å². The summed E-state index contributed by atoms with van der Waals surface area (Å²) in [7, 11) is 0. The van der Waals surface area contributed by atoms with Crippen molar-refractivity contribution in [3.63, 3.8) is 0 Å². The van der Waals surface area contributed by atoms with Crippen LogP contribution in [0.25, 0.3) is 0 Å². The van der Waals surface area contributed by atoms with Crippen LogP contribution >= 0.6 is 0 Å². The van der Waals surface area contributed by atoms with Crippen molar-refractivity contribution in [2.45, 2.75) is 0 Å². The minimum absolute atomic E-state index is 0.328. The van der Waals surface area contributed by atoms with Gasteiger partial charge in [0, 0.05) is 0 Å². The summed E-state index contributed by atoms with van der Waals surface area (Å²) in [5.41, 5.74) is 0. The zero-order valence-corrected chi connectivity index (χ0v) is 6.58. The van der Waals surface area contributed by atoms with Gasteiger partial charge in [-0.2, -0.15) is 4.89 Å². The molecule has 0 aliphatic heterocycles. The van der Waals surface area contributed by atoms with Crippen molar-refractivity contribution in [1.29, 1.82) is 0 Å². The van der Waals surface area contributed by atoms with E-state index >= 15 is 0 Å². The molecule has 6 heteroatoms. The number of ether oxygens (including phenoxy) is 1. The molecule has 0 saturated heterocycles. The molecule has 1 aromatic rings. The lowest BCUT2D eigenvalue weighted by molar-refractivity contribution is -0.853. The Labute approximate surface area is 73.7 Å². The maximum Gasteiger partial charge on any atom is 0.322 e. The second kappa shape index (κ2) is 4.94. The fourth-order valence-electron chi connectivity index (χ4n) is 0.673. The van der Waals surface area contributed by atoms with Gasteiger partial charge in [-0.05, 0) is 12.1 Å². The van der Waals surface area contributed by atoms with E-state index in [1.54, 1.807) is 24.3 Å². The third-order valence-electron chi connectivity index (χ3n) is 1.13. The Kier molecular flexibility index (Phi) is 3.52. The third-order valence-corrected chi connectivity index (χ3v) is 1.13. The van der Waals surface area contributed by atoms with Gasteiger partial charge in [0.15, 0.2) is 0 Å². The van der Waals surface area contributed by atoms with Crippen LogP contribution in [0.4, 0.5) is 0 Å². The molecular weight excluding hydrogens is 178 g/mol. The lowest BCUT2D eigenvalue weighted by Gasteiger charge is -2.03. The van der Waals surface area contributed by atoms with Crippen molar-refractivity contribution in [3.05, 3.63) is 40.4 Å². The minimum Gasteiger partial charge on any atom is -0.465 e. The number of rotatable bonds is 5. The molecule has 0 aliphatic rings. The Morgan fingerprint density at radius 1 is 1.31 bits per heavy atom. The highest BCUT2D eigenvalue weighted by atomic mass is 17.3. The van der Waals surface area contributed by atoms with E-state index in [1.165, 1.54) is 0 Å². The van der Waals surface area contributed by atoms with Gasteiger partial charge in [0.2, 0.25) is 6.79 Å². The van der Waals surface area contributed by atoms with Crippen molar-refractivity contribution in [2.24, 2.45) is 0 Å². The largest absolute Gasteiger partial charge is 0.465 e. The first-order chi connectivity index (χ1) is 6.29. The summed E-state index contributed by atoms with van der Waals surface area (Å²) in [5, 5.41) is 8.55. The zero-order chi connectivity index (χ0) is 9.52. The summed E-state index contributed by atoms with van der Waals surface area (Å²) >= 11 is 0. The number of para-hydroxylation sites is 1. The van der Waals surface area contributed by atoms with Crippen LogP contribution in [0.15, 0.2) is 30.3 Å². The summed E-state index contributed by atoms with van der Waals surface area (Å²) in [6.07, 6.45) is 0. The molecule has 0 unspecified atom stereocenters. The van der Waals surface area contributed by atoms with Crippen molar-refractivity contribution in [3.8, 4) is 5.75 Å². The van der Waals surface area contributed by atoms with Crippen molar-refractivity contribution in [2.75, 3.05) is 6.79 Å². The fraction of sp³-hybridized carbons (Fsp3) is 0.143. The Bertz CT molecular complexity index is 263. The van der Waals surface area contributed by atoms with Gasteiger partial charge in [-0.1, -0.05) is 18.2 Å². The number of hydrogen-bond acceptors (Lipinski definition) is 5. The van der Waals surface area contributed by atoms with Crippen LogP contribution in [0, 0.1) is 10.1 Å². The van der Waals surface area contributed by atoms with Gasteiger partial charge < -0.3 is 4.74 Å². The predicted octanol–water partition coefficient (Wildman–Crippen LogP) is 1.16. The predicted molar refractivity (Wildman–Crippen MR) is 41.1 cm³/mol. The summed E-state index contributed by atoms with van der Waals surface area (Å²) in [6, 6.07) is 8.74. The highest BCUT2D eigenvalue weighted by Crippen LogP contribution is 2.07. The van der Waals surface area contributed by atoms with E-state index in [9.17, 15) is 10.1 Å². The van der Waals surface area contributed by atoms with Crippen molar-refractivity contribution in [1.82, 2.24) is 0 Å². The number of hydrogen-bond donors (Lipinski definition) is 0. The molecule has 0 saturated carbocycles. The van der Waals surface area contributed by atoms with Gasteiger partial charge in [-0.3, -0.25) is 0 Å². The molecule has 1 aromatic carbocycles. The lowest BCUT2D eigenvalue weighted by Crippen LogP contribution is -2.07. The Morgan fingerprint density at radius 3 is 2.62 bits per heavy atom. The van der Waals surface area contributed by atoms with Crippen LogP contribution in [0.1, 0.15) is 0 Å². The molecule has 0 bridgehead atoms. The fourth-order valence-corrected chi connectivity index (χ4v) is 0.673. The molecule has 0 N–H and O–H groups in total. The smallest absolute Gasteiger partial charge is 0.322 e. The topological polar surface area (TPSA) is 70.8 Å². The highest BCUT2D eigenvalue weighted by Gasteiger charge is 1.95. The summed E-state index contributed by atoms with van der Waals surface area (Å²) in [6.45, 7) is -0.328. The quantitative estimate of drug-likeness (QED) is 0.226. The normalized spacial score (nSPS) is 9.23. The Hall–Kier alpha value is -1.82. The van der Waals surface area contributed by atoms with Crippen LogP contribution in [-0.4, -0.2) is 11.9 Å². The maximum atomic E-state index is 9.61. The van der Waals surface area contributed by atoms with E-state index in [4.69, 9.17) is 4.74 Å². The average molecular weight is 185 g/mol. The number of benzene rings is 1. The van der Waals surface area contributed by atoms with Gasteiger partial charge in [-0.25, -0.2) is 0 Å². The van der Waals surface area contributed by atoms with Gasteiger partial charge in [0.1, 0.15) is 5.75 Å². The molecule has 70 valence electrons. The van der Waals surface area contributed by atoms with E-state index in [-0.39, 0.29) is 6.79 Å². The molecule has 13 heavy (non-hydrogen) atoms. The molecule has 0 aliphatic carbocycles. The standard InChI is InChI=1S/C7H7NO5/c9-8(10)13-12-6-11-7-4-2-1-3-5-7/h1-5H,6H2. The van der Waals surface area contributed by atoms with E-state index in [0.717, 1.165) is 0 Å². The Balaban J connectivity index is 2.17. The summed E-state index contributed by atoms with van der Waals surface area (Å²) in [4.78, 5) is 17.3. The molecular formula is C7H7NO5. The monoisotopic (exact) mass is 185 g/mol. The molecule has 0 aromatic heterocycles. The van der Waals surface area contributed by atoms with Gasteiger partial charge in [0.25, 0.3) is 0 Å². The molecule has 0 atom stereocenters. The van der Waals surface area contributed by atoms with Gasteiger partial charge >= 0.3 is 5.09 Å². The average Bonchev–Trinajstić information content (AvgIpc) is 2.14. The van der Waals surface area contributed by atoms with E-state index in [0.29, 0.717) is 5.75 Å². The van der Waals surface area contributed by atoms with Crippen LogP contribution < -0.4 is 4.74 Å². The van der Waals surface area contributed by atoms with E-state index in [1.807, 2.05) is 6.07 Å². The van der Waals surface area contributed by atoms with Gasteiger partial charge in [0.05, 0.1) is 0 Å². The lowest BCUT2D eigenvalue weighted by atomic mass is 10.3. The van der Waals surface area contributed by atoms with Gasteiger partial charge in [-0.15, -0.1) is 15.1 Å². The zero-order valence-electron chi connectivity index (χ0n) is 6.58. The molecule has 1 rings (SSSR count). The Morgan fingerprint density at radius 2 is 2.00 bits per heavy atom. The highest BCUT2D eigenvalue weighted by molar-refractivity contribution is 5.20. The molecule has 0 spiro atoms. The minimum atomic E-state index is -1.06. The second-order valence-electron chi connectivity index (χ2n) is 1.99. The van der Waals surface area contributed by atoms with Crippen molar-refractivity contribution < 1.29 is 19.7 Å². The van der Waals surface area contributed by atoms with Crippen LogP contribution in [0.3, 0.4) is 0 Å². The first kappa shape index (κ1) is 9.27. The molecule has 0 amide bonds. The molecule has 0 fully saturated rings. The first-order valence-electron chi connectivity index (χ1n) is 3.41. The van der Waals surface area contributed by atoms with Crippen LogP contribution in [-0.2, 0) is 9.88 Å². The van der Waals surface area contributed by atoms with Crippen molar-refractivity contribution >= 4 is 0 Å². The molecule has 6 nitrogen and oxygen atoms in total.